The Kier molecular flexibility index (Phi) is 4.60. The maximum atomic E-state index is 9.41. The van der Waals surface area contributed by atoms with Gasteiger partial charge in [-0.3, -0.25) is 0 Å². The predicted octanol–water partition coefficient (Wildman–Crippen LogP) is 4.42. The number of allylic oxidation sites excluding steroid dienone is 1. The normalized spacial score (nSPS) is 15.5. The Balaban J connectivity index is 2.03. The van der Waals surface area contributed by atoms with Gasteiger partial charge in [0, 0.05) is 23.3 Å². The van der Waals surface area contributed by atoms with Crippen LogP contribution < -0.4 is 4.74 Å². The molecule has 0 aromatic heterocycles. The highest BCUT2D eigenvalue weighted by atomic mass is 16.5. The fourth-order valence-electron chi connectivity index (χ4n) is 3.49. The predicted molar refractivity (Wildman–Crippen MR) is 103 cm³/mol. The molecule has 0 saturated heterocycles. The van der Waals surface area contributed by atoms with Crippen LogP contribution in [0.2, 0.25) is 0 Å². The number of hydrogen-bond acceptors (Lipinski definition) is 2. The van der Waals surface area contributed by atoms with Crippen molar-refractivity contribution in [1.82, 2.24) is 0 Å². The van der Waals surface area contributed by atoms with Gasteiger partial charge < -0.3 is 9.84 Å². The third-order valence-corrected chi connectivity index (χ3v) is 4.83. The lowest BCUT2D eigenvalue weighted by atomic mass is 9.81. The largest absolute Gasteiger partial charge is 0.465 e. The first-order valence-corrected chi connectivity index (χ1v) is 8.39. The molecule has 0 aliphatic carbocycles. The molecule has 128 valence electrons. The van der Waals surface area contributed by atoms with Crippen LogP contribution in [0, 0.1) is 0 Å². The van der Waals surface area contributed by atoms with Crippen LogP contribution in [0.15, 0.2) is 61.4 Å². The topological polar surface area (TPSA) is 32.5 Å². The number of benzene rings is 2. The first-order chi connectivity index (χ1) is 12.0. The van der Waals surface area contributed by atoms with E-state index < -0.39 is 0 Å². The smallest absolute Gasteiger partial charge is 0.209 e. The van der Waals surface area contributed by atoms with Crippen molar-refractivity contribution in [2.24, 2.45) is 0 Å². The molecule has 3 heteroatoms. The number of para-hydroxylation sites is 1. The number of fused-ring (bicyclic) bond motifs is 1. The third-order valence-electron chi connectivity index (χ3n) is 4.83. The number of aliphatic hydroxyl groups is 1. The highest BCUT2D eigenvalue weighted by molar-refractivity contribution is 6.05. The number of rotatable bonds is 5. The van der Waals surface area contributed by atoms with Crippen LogP contribution in [-0.4, -0.2) is 22.4 Å². The summed E-state index contributed by atoms with van der Waals surface area (Å²) in [6, 6.07) is 14.1. The molecule has 0 bridgehead atoms. The molecule has 0 fully saturated rings. The van der Waals surface area contributed by atoms with Crippen LogP contribution in [0.25, 0.3) is 6.08 Å². The van der Waals surface area contributed by atoms with Crippen molar-refractivity contribution in [3.05, 3.63) is 78.1 Å². The van der Waals surface area contributed by atoms with E-state index in [0.717, 1.165) is 16.9 Å². The first-order valence-electron chi connectivity index (χ1n) is 8.39. The molecule has 0 unspecified atom stereocenters. The molecule has 0 saturated carbocycles. The van der Waals surface area contributed by atoms with Gasteiger partial charge in [-0.05, 0) is 37.6 Å². The van der Waals surface area contributed by atoms with Gasteiger partial charge in [0.15, 0.2) is 5.71 Å². The molecule has 1 aliphatic heterocycles. The van der Waals surface area contributed by atoms with E-state index in [2.05, 4.69) is 62.4 Å². The Labute approximate surface area is 149 Å². The third kappa shape index (κ3) is 3.03. The summed E-state index contributed by atoms with van der Waals surface area (Å²) in [5, 5.41) is 9.41. The van der Waals surface area contributed by atoms with Crippen molar-refractivity contribution >= 4 is 17.5 Å². The monoisotopic (exact) mass is 334 g/mol. The number of hydrogen-bond donors (Lipinski definition) is 1. The van der Waals surface area contributed by atoms with Gasteiger partial charge in [0.05, 0.1) is 18.3 Å². The van der Waals surface area contributed by atoms with Gasteiger partial charge in [0.25, 0.3) is 0 Å². The summed E-state index contributed by atoms with van der Waals surface area (Å²) < 4.78 is 7.73. The van der Waals surface area contributed by atoms with E-state index in [4.69, 9.17) is 4.74 Å². The van der Waals surface area contributed by atoms with E-state index in [1.807, 2.05) is 24.3 Å². The lowest BCUT2D eigenvalue weighted by Crippen LogP contribution is -2.26. The standard InChI is InChI=1S/C22H24NO2/c1-5-25-20-12-10-16(15-24)14-17(20)11-13-21-22(2,3)18-8-6-7-9-19(18)23(21)4/h5-14,24H,1,15H2,2-4H3/q+1/b13-11+. The van der Waals surface area contributed by atoms with Crippen molar-refractivity contribution in [3.63, 3.8) is 0 Å². The summed E-state index contributed by atoms with van der Waals surface area (Å²) in [6.07, 6.45) is 5.59. The zero-order chi connectivity index (χ0) is 18.0. The van der Waals surface area contributed by atoms with Crippen LogP contribution in [0.1, 0.15) is 30.5 Å². The summed E-state index contributed by atoms with van der Waals surface area (Å²) in [7, 11) is 2.10. The molecular weight excluding hydrogens is 310 g/mol. The van der Waals surface area contributed by atoms with Crippen molar-refractivity contribution < 1.29 is 14.4 Å². The summed E-state index contributed by atoms with van der Waals surface area (Å²) in [5.41, 5.74) is 5.47. The van der Waals surface area contributed by atoms with E-state index in [0.29, 0.717) is 0 Å². The minimum Gasteiger partial charge on any atom is -0.465 e. The number of nitrogens with zero attached hydrogens (tertiary/aromatic N) is 1. The van der Waals surface area contributed by atoms with Crippen LogP contribution in [0.3, 0.4) is 0 Å². The second-order valence-electron chi connectivity index (χ2n) is 6.73. The van der Waals surface area contributed by atoms with Gasteiger partial charge in [-0.1, -0.05) is 30.8 Å². The quantitative estimate of drug-likeness (QED) is 0.648. The number of ether oxygens (including phenoxy) is 1. The molecule has 1 aliphatic rings. The van der Waals surface area contributed by atoms with Crippen LogP contribution in [-0.2, 0) is 12.0 Å². The molecule has 1 heterocycles. The lowest BCUT2D eigenvalue weighted by molar-refractivity contribution is -0.401. The second kappa shape index (κ2) is 6.69. The van der Waals surface area contributed by atoms with Gasteiger partial charge in [-0.2, -0.15) is 4.58 Å². The highest BCUT2D eigenvalue weighted by Crippen LogP contribution is 2.39. The van der Waals surface area contributed by atoms with Crippen LogP contribution >= 0.6 is 0 Å². The molecule has 0 spiro atoms. The average molecular weight is 334 g/mol. The molecule has 0 atom stereocenters. The Hall–Kier alpha value is -2.65. The lowest BCUT2D eigenvalue weighted by Gasteiger charge is -2.15. The molecular formula is C22H24NO2+. The second-order valence-corrected chi connectivity index (χ2v) is 6.73. The maximum absolute atomic E-state index is 9.41. The summed E-state index contributed by atoms with van der Waals surface area (Å²) in [6.45, 7) is 8.11. The molecule has 0 radical (unpaired) electrons. The average Bonchev–Trinajstić information content (AvgIpc) is 2.81. The molecule has 0 amide bonds. The molecule has 3 nitrogen and oxygen atoms in total. The zero-order valence-electron chi connectivity index (χ0n) is 15.0. The van der Waals surface area contributed by atoms with Crippen molar-refractivity contribution in [3.8, 4) is 5.75 Å². The summed E-state index contributed by atoms with van der Waals surface area (Å²) >= 11 is 0. The molecule has 1 N–H and O–H groups in total. The summed E-state index contributed by atoms with van der Waals surface area (Å²) in [4.78, 5) is 0. The van der Waals surface area contributed by atoms with E-state index in [9.17, 15) is 5.11 Å². The Morgan fingerprint density at radius 3 is 2.60 bits per heavy atom. The van der Waals surface area contributed by atoms with Gasteiger partial charge in [-0.25, -0.2) is 0 Å². The van der Waals surface area contributed by atoms with Gasteiger partial charge in [0.1, 0.15) is 12.8 Å². The minimum atomic E-state index is -0.0735. The van der Waals surface area contributed by atoms with E-state index in [-0.39, 0.29) is 12.0 Å². The fraction of sp³-hybridized carbons (Fsp3) is 0.227. The zero-order valence-corrected chi connectivity index (χ0v) is 15.0. The molecule has 2 aromatic rings. The Bertz CT molecular complexity index is 875. The van der Waals surface area contributed by atoms with Gasteiger partial charge in [0.2, 0.25) is 5.69 Å². The van der Waals surface area contributed by atoms with Crippen molar-refractivity contribution in [2.45, 2.75) is 25.9 Å². The fourth-order valence-corrected chi connectivity index (χ4v) is 3.49. The first kappa shape index (κ1) is 17.2. The van der Waals surface area contributed by atoms with Crippen LogP contribution in [0.4, 0.5) is 5.69 Å². The summed E-state index contributed by atoms with van der Waals surface area (Å²) in [5.74, 6) is 0.722. The SMILES string of the molecule is C=COc1ccc(CO)cc1/C=C/C1=[N+](C)c2ccccc2C1(C)C. The van der Waals surface area contributed by atoms with Crippen molar-refractivity contribution in [1.29, 1.82) is 0 Å². The van der Waals surface area contributed by atoms with E-state index in [1.165, 1.54) is 23.2 Å². The van der Waals surface area contributed by atoms with Gasteiger partial charge in [-0.15, -0.1) is 0 Å². The Morgan fingerprint density at radius 2 is 1.92 bits per heavy atom. The Morgan fingerprint density at radius 1 is 1.16 bits per heavy atom. The van der Waals surface area contributed by atoms with Crippen molar-refractivity contribution in [2.75, 3.05) is 7.05 Å². The molecule has 2 aromatic carbocycles. The van der Waals surface area contributed by atoms with E-state index >= 15 is 0 Å². The number of aliphatic hydroxyl groups excluding tert-OH is 1. The molecule has 25 heavy (non-hydrogen) atoms. The van der Waals surface area contributed by atoms with E-state index in [1.54, 1.807) is 0 Å². The highest BCUT2D eigenvalue weighted by Gasteiger charge is 2.42. The van der Waals surface area contributed by atoms with Crippen LogP contribution in [0.5, 0.6) is 5.75 Å². The van der Waals surface area contributed by atoms with Gasteiger partial charge >= 0.3 is 0 Å². The maximum Gasteiger partial charge on any atom is 0.209 e. The molecule has 3 rings (SSSR count). The minimum absolute atomic E-state index is 0.00260.